The van der Waals surface area contributed by atoms with Crippen LogP contribution >= 0.6 is 0 Å². The average Bonchev–Trinajstić information content (AvgIpc) is 2.97. The van der Waals surface area contributed by atoms with Crippen molar-refractivity contribution in [1.29, 1.82) is 0 Å². The van der Waals surface area contributed by atoms with Crippen molar-refractivity contribution in [2.75, 3.05) is 19.8 Å². The summed E-state index contributed by atoms with van der Waals surface area (Å²) in [7, 11) is 0. The molecule has 2 atom stereocenters. The van der Waals surface area contributed by atoms with Crippen molar-refractivity contribution in [2.24, 2.45) is 11.8 Å². The highest BCUT2D eigenvalue weighted by Crippen LogP contribution is 2.28. The zero-order chi connectivity index (χ0) is 15.6. The third-order valence-corrected chi connectivity index (χ3v) is 5.14. The number of carboxylic acids is 1. The molecule has 0 aromatic heterocycles. The van der Waals surface area contributed by atoms with Gasteiger partial charge in [0.25, 0.3) is 0 Å². The van der Waals surface area contributed by atoms with Gasteiger partial charge >= 0.3 is 5.97 Å². The normalized spacial score (nSPS) is 26.4. The van der Waals surface area contributed by atoms with Gasteiger partial charge in [0.1, 0.15) is 0 Å². The highest BCUT2D eigenvalue weighted by Gasteiger charge is 2.29. The molecule has 0 spiro atoms. The van der Waals surface area contributed by atoms with E-state index in [0.717, 1.165) is 39.1 Å². The molecule has 1 heterocycles. The van der Waals surface area contributed by atoms with E-state index >= 15 is 0 Å². The molecule has 0 amide bonds. The molecular formula is C18H32O4. The first-order chi connectivity index (χ1) is 10.8. The summed E-state index contributed by atoms with van der Waals surface area (Å²) in [6.07, 6.45) is 12.7. The monoisotopic (exact) mass is 312 g/mol. The van der Waals surface area contributed by atoms with Crippen molar-refractivity contribution in [3.63, 3.8) is 0 Å². The van der Waals surface area contributed by atoms with E-state index in [1.165, 1.54) is 44.9 Å². The summed E-state index contributed by atoms with van der Waals surface area (Å²) in [6.45, 7) is 2.61. The summed E-state index contributed by atoms with van der Waals surface area (Å²) in [5.41, 5.74) is 0. The number of ether oxygens (including phenoxy) is 2. The van der Waals surface area contributed by atoms with E-state index in [-0.39, 0.29) is 0 Å². The molecule has 22 heavy (non-hydrogen) atoms. The minimum atomic E-state index is -0.677. The van der Waals surface area contributed by atoms with Gasteiger partial charge in [0.05, 0.1) is 19.3 Å². The van der Waals surface area contributed by atoms with Gasteiger partial charge in [0.2, 0.25) is 0 Å². The van der Waals surface area contributed by atoms with Crippen molar-refractivity contribution in [2.45, 2.75) is 76.7 Å². The maximum atomic E-state index is 10.5. The highest BCUT2D eigenvalue weighted by atomic mass is 16.5. The third kappa shape index (κ3) is 6.66. The van der Waals surface area contributed by atoms with Gasteiger partial charge in [-0.1, -0.05) is 38.5 Å². The van der Waals surface area contributed by atoms with Crippen LogP contribution in [-0.2, 0) is 14.3 Å². The minimum absolute atomic E-state index is 0.310. The summed E-state index contributed by atoms with van der Waals surface area (Å²) in [4.78, 5) is 10.5. The maximum Gasteiger partial charge on any atom is 0.303 e. The average molecular weight is 312 g/mol. The largest absolute Gasteiger partial charge is 0.481 e. The standard InChI is InChI=1S/C18H32O4/c19-18(20)11-7-2-1-4-8-15-12-21-13-16(15)14-22-17-9-5-3-6-10-17/h15-17H,1-14H2,(H,19,20). The number of aliphatic carboxylic acids is 1. The van der Waals surface area contributed by atoms with Gasteiger partial charge in [-0.2, -0.15) is 0 Å². The van der Waals surface area contributed by atoms with Crippen LogP contribution in [0.3, 0.4) is 0 Å². The number of carbonyl (C=O) groups is 1. The fourth-order valence-corrected chi connectivity index (χ4v) is 3.67. The number of hydrogen-bond donors (Lipinski definition) is 1. The number of carboxylic acid groups (broad SMARTS) is 1. The molecule has 2 fully saturated rings. The second-order valence-corrected chi connectivity index (χ2v) is 7.00. The van der Waals surface area contributed by atoms with Crippen LogP contribution < -0.4 is 0 Å². The lowest BCUT2D eigenvalue weighted by atomic mass is 9.91. The van der Waals surface area contributed by atoms with Crippen LogP contribution in [0.2, 0.25) is 0 Å². The Balaban J connectivity index is 1.54. The van der Waals surface area contributed by atoms with Crippen LogP contribution in [0.25, 0.3) is 0 Å². The Hall–Kier alpha value is -0.610. The first-order valence-electron chi connectivity index (χ1n) is 9.17. The van der Waals surface area contributed by atoms with Gasteiger partial charge in [-0.05, 0) is 31.6 Å². The van der Waals surface area contributed by atoms with E-state index < -0.39 is 5.97 Å². The predicted molar refractivity (Wildman–Crippen MR) is 86.0 cm³/mol. The van der Waals surface area contributed by atoms with Gasteiger partial charge in [-0.25, -0.2) is 0 Å². The molecule has 128 valence electrons. The molecule has 1 N–H and O–H groups in total. The Labute approximate surface area is 134 Å². The maximum absolute atomic E-state index is 10.5. The molecule has 4 nitrogen and oxygen atoms in total. The Morgan fingerprint density at radius 2 is 1.73 bits per heavy atom. The summed E-state index contributed by atoms with van der Waals surface area (Å²) in [5.74, 6) is 0.535. The molecule has 0 aromatic rings. The molecule has 0 aromatic carbocycles. The molecule has 2 aliphatic rings. The lowest BCUT2D eigenvalue weighted by molar-refractivity contribution is -0.137. The van der Waals surface area contributed by atoms with E-state index in [9.17, 15) is 4.79 Å². The van der Waals surface area contributed by atoms with Crippen LogP contribution in [0.5, 0.6) is 0 Å². The van der Waals surface area contributed by atoms with Gasteiger partial charge in [0.15, 0.2) is 0 Å². The molecule has 1 saturated carbocycles. The van der Waals surface area contributed by atoms with E-state index in [0.29, 0.717) is 24.4 Å². The SMILES string of the molecule is O=C(O)CCCCCCC1COCC1COC1CCCCC1. The lowest BCUT2D eigenvalue weighted by Crippen LogP contribution is -2.24. The molecule has 4 heteroatoms. The van der Waals surface area contributed by atoms with Crippen molar-refractivity contribution >= 4 is 5.97 Å². The molecule has 1 saturated heterocycles. The van der Waals surface area contributed by atoms with Crippen molar-refractivity contribution in [3.8, 4) is 0 Å². The third-order valence-electron chi connectivity index (χ3n) is 5.14. The second-order valence-electron chi connectivity index (χ2n) is 7.00. The Morgan fingerprint density at radius 1 is 1.00 bits per heavy atom. The van der Waals surface area contributed by atoms with Crippen molar-refractivity contribution in [3.05, 3.63) is 0 Å². The zero-order valence-corrected chi connectivity index (χ0v) is 13.8. The van der Waals surface area contributed by atoms with Crippen LogP contribution in [0, 0.1) is 11.8 Å². The topological polar surface area (TPSA) is 55.8 Å². The Bertz CT molecular complexity index is 312. The molecule has 0 radical (unpaired) electrons. The van der Waals surface area contributed by atoms with Crippen molar-refractivity contribution < 1.29 is 19.4 Å². The quantitative estimate of drug-likeness (QED) is 0.619. The molecule has 1 aliphatic carbocycles. The minimum Gasteiger partial charge on any atom is -0.481 e. The van der Waals surface area contributed by atoms with E-state index in [1.54, 1.807) is 0 Å². The van der Waals surface area contributed by atoms with E-state index in [1.807, 2.05) is 0 Å². The lowest BCUT2D eigenvalue weighted by Gasteiger charge is -2.25. The van der Waals surface area contributed by atoms with Crippen molar-refractivity contribution in [1.82, 2.24) is 0 Å². The highest BCUT2D eigenvalue weighted by molar-refractivity contribution is 5.66. The Morgan fingerprint density at radius 3 is 2.50 bits per heavy atom. The van der Waals surface area contributed by atoms with Gasteiger partial charge < -0.3 is 14.6 Å². The molecule has 0 bridgehead atoms. The number of unbranched alkanes of at least 4 members (excludes halogenated alkanes) is 3. The molecule has 1 aliphatic heterocycles. The molecule has 2 unspecified atom stereocenters. The summed E-state index contributed by atoms with van der Waals surface area (Å²) in [5, 5.41) is 8.61. The molecular weight excluding hydrogens is 280 g/mol. The predicted octanol–water partition coefficient (Wildman–Crippen LogP) is 4.02. The first-order valence-corrected chi connectivity index (χ1v) is 9.17. The van der Waals surface area contributed by atoms with Crippen LogP contribution in [0.4, 0.5) is 0 Å². The van der Waals surface area contributed by atoms with Gasteiger partial charge in [-0.3, -0.25) is 4.79 Å². The molecule has 2 rings (SSSR count). The summed E-state index contributed by atoms with van der Waals surface area (Å²) < 4.78 is 11.8. The Kier molecular flexibility index (Phi) is 8.24. The summed E-state index contributed by atoms with van der Waals surface area (Å²) >= 11 is 0. The second kappa shape index (κ2) is 10.2. The first kappa shape index (κ1) is 17.7. The summed E-state index contributed by atoms with van der Waals surface area (Å²) in [6, 6.07) is 0. The van der Waals surface area contributed by atoms with Gasteiger partial charge in [-0.15, -0.1) is 0 Å². The fourth-order valence-electron chi connectivity index (χ4n) is 3.67. The zero-order valence-electron chi connectivity index (χ0n) is 13.8. The number of hydrogen-bond acceptors (Lipinski definition) is 3. The van der Waals surface area contributed by atoms with Crippen LogP contribution in [0.15, 0.2) is 0 Å². The van der Waals surface area contributed by atoms with E-state index in [4.69, 9.17) is 14.6 Å². The number of rotatable bonds is 10. The van der Waals surface area contributed by atoms with Crippen LogP contribution in [0.1, 0.15) is 70.6 Å². The van der Waals surface area contributed by atoms with Crippen LogP contribution in [-0.4, -0.2) is 37.0 Å². The smallest absolute Gasteiger partial charge is 0.303 e. The van der Waals surface area contributed by atoms with E-state index in [2.05, 4.69) is 0 Å². The fraction of sp³-hybridized carbons (Fsp3) is 0.944. The van der Waals surface area contributed by atoms with Gasteiger partial charge in [0, 0.05) is 18.9 Å².